The molecule has 0 aliphatic carbocycles. The van der Waals surface area contributed by atoms with Crippen LogP contribution < -0.4 is 0 Å². The van der Waals surface area contributed by atoms with Crippen LogP contribution in [0.3, 0.4) is 0 Å². The molecule has 0 bridgehead atoms. The van der Waals surface area contributed by atoms with Crippen molar-refractivity contribution in [1.29, 1.82) is 0 Å². The number of benzene rings is 2. The van der Waals surface area contributed by atoms with Gasteiger partial charge < -0.3 is 4.90 Å². The van der Waals surface area contributed by atoms with E-state index >= 15 is 0 Å². The minimum atomic E-state index is -0.577. The van der Waals surface area contributed by atoms with E-state index in [2.05, 4.69) is 57.6 Å². The lowest BCUT2D eigenvalue weighted by atomic mass is 10.1. The van der Waals surface area contributed by atoms with Crippen molar-refractivity contribution in [2.45, 2.75) is 9.79 Å². The average molecular weight is 366 g/mol. The first kappa shape index (κ1) is 17.3. The molecule has 2 aromatic rings. The molecule has 26 heavy (non-hydrogen) atoms. The first-order chi connectivity index (χ1) is 12.7. The van der Waals surface area contributed by atoms with Gasteiger partial charge in [-0.2, -0.15) is 4.36 Å². The Kier molecular flexibility index (Phi) is 5.11. The summed E-state index contributed by atoms with van der Waals surface area (Å²) >= 11 is 0. The number of amides is 1. The molecule has 1 amide bonds. The van der Waals surface area contributed by atoms with Gasteiger partial charge in [-0.25, -0.2) is 0 Å². The van der Waals surface area contributed by atoms with E-state index in [1.54, 1.807) is 0 Å². The number of carbonyl (C=O) groups excluding carboxylic acids is 1. The Morgan fingerprint density at radius 3 is 2.04 bits per heavy atom. The molecule has 0 saturated carbocycles. The summed E-state index contributed by atoms with van der Waals surface area (Å²) in [6.07, 6.45) is 4.25. The number of rotatable bonds is 2. The molecule has 0 N–H and O–H groups in total. The third-order valence-corrected chi connectivity index (χ3v) is 6.81. The summed E-state index contributed by atoms with van der Waals surface area (Å²) in [6.45, 7) is 4.29. The Balaban J connectivity index is 1.67. The maximum absolute atomic E-state index is 12.8. The van der Waals surface area contributed by atoms with E-state index in [0.29, 0.717) is 6.54 Å². The Morgan fingerprint density at radius 2 is 1.46 bits per heavy atom. The molecule has 4 nitrogen and oxygen atoms in total. The lowest BCUT2D eigenvalue weighted by Gasteiger charge is -2.31. The lowest BCUT2D eigenvalue weighted by molar-refractivity contribution is -0.119. The largest absolute Gasteiger partial charge is 0.304 e. The van der Waals surface area contributed by atoms with Crippen LogP contribution in [0.5, 0.6) is 0 Å². The molecule has 4 rings (SSSR count). The normalized spacial score (nSPS) is 18.0. The fourth-order valence-electron chi connectivity index (χ4n) is 3.31. The van der Waals surface area contributed by atoms with Crippen molar-refractivity contribution in [2.24, 2.45) is 4.36 Å². The van der Waals surface area contributed by atoms with E-state index in [-0.39, 0.29) is 5.91 Å². The summed E-state index contributed by atoms with van der Waals surface area (Å²) in [5.74, 6) is -0.0237. The standard InChI is InChI=1S/C21H23N3OS/c1-23-12-14-24(15-13-23)16-21(25)22-26-19-8-4-2-6-17(19)10-11-18-7-3-5-9-20(18)26/h2-11H,12-16H2,1H3. The Bertz CT molecular complexity index is 831. The highest BCUT2D eigenvalue weighted by Crippen LogP contribution is 2.30. The van der Waals surface area contributed by atoms with Crippen molar-refractivity contribution in [3.05, 3.63) is 59.7 Å². The maximum atomic E-state index is 12.8. The van der Waals surface area contributed by atoms with Gasteiger partial charge in [0.05, 0.1) is 6.54 Å². The van der Waals surface area contributed by atoms with Gasteiger partial charge in [0.25, 0.3) is 5.91 Å². The van der Waals surface area contributed by atoms with Crippen molar-refractivity contribution >= 4 is 28.8 Å². The summed E-state index contributed by atoms with van der Waals surface area (Å²) in [6, 6.07) is 16.5. The van der Waals surface area contributed by atoms with Crippen LogP contribution in [0.25, 0.3) is 12.2 Å². The predicted molar refractivity (Wildman–Crippen MR) is 107 cm³/mol. The third-order valence-electron chi connectivity index (χ3n) is 4.84. The van der Waals surface area contributed by atoms with E-state index in [1.807, 2.05) is 24.3 Å². The zero-order valence-electron chi connectivity index (χ0n) is 15.0. The molecule has 0 aromatic heterocycles. The van der Waals surface area contributed by atoms with Crippen molar-refractivity contribution in [3.8, 4) is 0 Å². The topological polar surface area (TPSA) is 35.9 Å². The zero-order valence-corrected chi connectivity index (χ0v) is 15.8. The summed E-state index contributed by atoms with van der Waals surface area (Å²) in [5, 5.41) is 0. The first-order valence-electron chi connectivity index (χ1n) is 8.97. The van der Waals surface area contributed by atoms with Gasteiger partial charge in [0.2, 0.25) is 0 Å². The van der Waals surface area contributed by atoms with Gasteiger partial charge in [-0.15, -0.1) is 0 Å². The van der Waals surface area contributed by atoms with E-state index in [0.717, 1.165) is 47.1 Å². The van der Waals surface area contributed by atoms with Crippen LogP contribution in [-0.2, 0) is 15.5 Å². The van der Waals surface area contributed by atoms with Crippen molar-refractivity contribution in [1.82, 2.24) is 9.80 Å². The van der Waals surface area contributed by atoms with E-state index in [9.17, 15) is 4.79 Å². The number of hydrogen-bond acceptors (Lipinski definition) is 3. The Hall–Kier alpha value is -2.08. The molecular weight excluding hydrogens is 342 g/mol. The second-order valence-corrected chi connectivity index (χ2v) is 8.39. The number of fused-ring (bicyclic) bond motifs is 2. The number of piperazine rings is 1. The summed E-state index contributed by atoms with van der Waals surface area (Å²) in [5.41, 5.74) is 2.28. The monoisotopic (exact) mass is 365 g/mol. The van der Waals surface area contributed by atoms with Gasteiger partial charge in [-0.05, 0) is 41.0 Å². The Labute approximate surface area is 157 Å². The summed E-state index contributed by atoms with van der Waals surface area (Å²) < 4.78 is 4.69. The van der Waals surface area contributed by atoms with Crippen LogP contribution in [0.15, 0.2) is 62.7 Å². The summed E-state index contributed by atoms with van der Waals surface area (Å²) in [7, 11) is 1.54. The molecule has 1 fully saturated rings. The molecule has 2 aromatic carbocycles. The minimum absolute atomic E-state index is 0.0237. The highest BCUT2D eigenvalue weighted by Gasteiger charge is 2.19. The molecule has 134 valence electrons. The fourth-order valence-corrected chi connectivity index (χ4v) is 5.14. The molecule has 0 spiro atoms. The molecule has 2 aliphatic rings. The van der Waals surface area contributed by atoms with Crippen molar-refractivity contribution in [3.63, 3.8) is 0 Å². The van der Waals surface area contributed by atoms with Crippen molar-refractivity contribution < 1.29 is 4.79 Å². The average Bonchev–Trinajstić information content (AvgIpc) is 2.82. The number of carbonyl (C=O) groups is 1. The van der Waals surface area contributed by atoms with E-state index in [1.165, 1.54) is 0 Å². The molecule has 5 heteroatoms. The van der Waals surface area contributed by atoms with Gasteiger partial charge in [-0.1, -0.05) is 48.6 Å². The molecule has 0 atom stereocenters. The smallest absolute Gasteiger partial charge is 0.266 e. The third kappa shape index (κ3) is 3.70. The Morgan fingerprint density at radius 1 is 0.923 bits per heavy atom. The first-order valence-corrected chi connectivity index (χ1v) is 10.1. The molecule has 1 saturated heterocycles. The number of nitrogens with zero attached hydrogens (tertiary/aromatic N) is 3. The van der Waals surface area contributed by atoms with Gasteiger partial charge in [0.1, 0.15) is 0 Å². The maximum Gasteiger partial charge on any atom is 0.266 e. The van der Waals surface area contributed by atoms with Crippen LogP contribution in [-0.4, -0.2) is 55.5 Å². The minimum Gasteiger partial charge on any atom is -0.304 e. The van der Waals surface area contributed by atoms with E-state index in [4.69, 9.17) is 0 Å². The SMILES string of the molecule is CN1CCN(CC(=O)N=S2c3ccccc3C=Cc3ccccc32)CC1. The van der Waals surface area contributed by atoms with Gasteiger partial charge in [0.15, 0.2) is 0 Å². The molecule has 2 heterocycles. The lowest BCUT2D eigenvalue weighted by Crippen LogP contribution is -2.46. The predicted octanol–water partition coefficient (Wildman–Crippen LogP) is 3.16. The van der Waals surface area contributed by atoms with Crippen LogP contribution in [0, 0.1) is 0 Å². The van der Waals surface area contributed by atoms with Gasteiger partial charge in [-0.3, -0.25) is 9.69 Å². The quantitative estimate of drug-likeness (QED) is 0.700. The van der Waals surface area contributed by atoms with Gasteiger partial charge >= 0.3 is 0 Å². The van der Waals surface area contributed by atoms with Gasteiger partial charge in [0, 0.05) is 36.0 Å². The second-order valence-electron chi connectivity index (χ2n) is 6.76. The number of likely N-dealkylation sites (N-methyl/N-ethyl adjacent to an activating group) is 1. The van der Waals surface area contributed by atoms with Crippen LogP contribution in [0.1, 0.15) is 11.1 Å². The van der Waals surface area contributed by atoms with Crippen LogP contribution in [0.2, 0.25) is 0 Å². The second kappa shape index (κ2) is 7.66. The highest BCUT2D eigenvalue weighted by atomic mass is 32.2. The number of hydrogen-bond donors (Lipinski definition) is 0. The van der Waals surface area contributed by atoms with E-state index < -0.39 is 10.7 Å². The highest BCUT2D eigenvalue weighted by molar-refractivity contribution is 7.88. The van der Waals surface area contributed by atoms with Crippen molar-refractivity contribution in [2.75, 3.05) is 39.8 Å². The summed E-state index contributed by atoms with van der Waals surface area (Å²) in [4.78, 5) is 19.5. The molecule has 0 unspecified atom stereocenters. The van der Waals surface area contributed by atoms with Crippen LogP contribution >= 0.6 is 0 Å². The van der Waals surface area contributed by atoms with Crippen LogP contribution in [0.4, 0.5) is 0 Å². The molecule has 0 radical (unpaired) electrons. The molecule has 2 aliphatic heterocycles. The fraction of sp³-hybridized carbons (Fsp3) is 0.286. The molecular formula is C21H23N3OS. The zero-order chi connectivity index (χ0) is 17.9.